The minimum atomic E-state index is -0.331. The number of rotatable bonds is 5. The van der Waals surface area contributed by atoms with E-state index in [0.29, 0.717) is 28.0 Å². The molecule has 4 nitrogen and oxygen atoms in total. The summed E-state index contributed by atoms with van der Waals surface area (Å²) < 4.78 is 11.1. The lowest BCUT2D eigenvalue weighted by Crippen LogP contribution is -2.26. The maximum atomic E-state index is 12.2. The van der Waals surface area contributed by atoms with E-state index in [1.165, 1.54) is 0 Å². The van der Waals surface area contributed by atoms with Crippen molar-refractivity contribution in [2.24, 2.45) is 23.2 Å². The molecular formula is C22H25ClO4. The second kappa shape index (κ2) is 6.66. The van der Waals surface area contributed by atoms with Gasteiger partial charge in [-0.3, -0.25) is 0 Å². The van der Waals surface area contributed by atoms with E-state index in [1.54, 1.807) is 24.3 Å². The van der Waals surface area contributed by atoms with Crippen molar-refractivity contribution in [2.45, 2.75) is 51.7 Å². The summed E-state index contributed by atoms with van der Waals surface area (Å²) in [6.07, 6.45) is 3.63. The molecule has 2 unspecified atom stereocenters. The zero-order valence-corrected chi connectivity index (χ0v) is 16.5. The first-order valence-corrected chi connectivity index (χ1v) is 10.0. The maximum absolute atomic E-state index is 12.2. The topological polar surface area (TPSA) is 52.6 Å². The number of ether oxygens (including phenoxy) is 2. The number of halogens is 1. The molecule has 0 spiro atoms. The normalized spacial score (nSPS) is 35.1. The number of carbonyl (C=O) groups is 2. The molecule has 3 aliphatic rings. The Morgan fingerprint density at radius 1 is 1.48 bits per heavy atom. The van der Waals surface area contributed by atoms with Crippen LogP contribution in [-0.2, 0) is 14.3 Å². The Bertz CT molecular complexity index is 803. The third kappa shape index (κ3) is 3.29. The SMILES string of the molecule is C=C1C(=O)O[C@@H]2C[C@]3(C)C(CCC(C)OC(=O)c4cccc(Cl)c4)[C@@H]3C[C@H]12. The summed E-state index contributed by atoms with van der Waals surface area (Å²) in [5, 5.41) is 0.528. The highest BCUT2D eigenvalue weighted by Crippen LogP contribution is 2.70. The minimum Gasteiger partial charge on any atom is -0.459 e. The van der Waals surface area contributed by atoms with Crippen molar-refractivity contribution in [3.8, 4) is 0 Å². The van der Waals surface area contributed by atoms with E-state index >= 15 is 0 Å². The van der Waals surface area contributed by atoms with Gasteiger partial charge in [0.2, 0.25) is 0 Å². The van der Waals surface area contributed by atoms with Crippen molar-refractivity contribution < 1.29 is 19.1 Å². The van der Waals surface area contributed by atoms with Gasteiger partial charge in [-0.15, -0.1) is 0 Å². The lowest BCUT2D eigenvalue weighted by Gasteiger charge is -2.27. The molecule has 1 saturated heterocycles. The first-order valence-electron chi connectivity index (χ1n) is 9.66. The number of benzene rings is 1. The summed E-state index contributed by atoms with van der Waals surface area (Å²) in [4.78, 5) is 24.0. The Hall–Kier alpha value is -1.81. The predicted molar refractivity (Wildman–Crippen MR) is 102 cm³/mol. The fourth-order valence-electron chi connectivity index (χ4n) is 5.23. The van der Waals surface area contributed by atoms with Gasteiger partial charge < -0.3 is 9.47 Å². The van der Waals surface area contributed by atoms with Crippen LogP contribution in [0.4, 0.5) is 0 Å². The molecule has 1 aromatic rings. The smallest absolute Gasteiger partial charge is 0.338 e. The van der Waals surface area contributed by atoms with Crippen LogP contribution >= 0.6 is 11.6 Å². The Labute approximate surface area is 164 Å². The fraction of sp³-hybridized carbons (Fsp3) is 0.545. The van der Waals surface area contributed by atoms with Crippen molar-refractivity contribution in [1.82, 2.24) is 0 Å². The van der Waals surface area contributed by atoms with Crippen LogP contribution in [0.5, 0.6) is 0 Å². The van der Waals surface area contributed by atoms with Crippen LogP contribution in [0.25, 0.3) is 0 Å². The van der Waals surface area contributed by atoms with Gasteiger partial charge in [-0.25, -0.2) is 9.59 Å². The molecule has 2 saturated carbocycles. The van der Waals surface area contributed by atoms with E-state index in [9.17, 15) is 9.59 Å². The van der Waals surface area contributed by atoms with Gasteiger partial charge >= 0.3 is 11.9 Å². The molecule has 144 valence electrons. The van der Waals surface area contributed by atoms with Crippen LogP contribution in [0.15, 0.2) is 36.4 Å². The second-order valence-electron chi connectivity index (χ2n) is 8.54. The molecule has 1 aromatic carbocycles. The van der Waals surface area contributed by atoms with Crippen LogP contribution in [0.1, 0.15) is 49.9 Å². The van der Waals surface area contributed by atoms with Gasteiger partial charge in [0, 0.05) is 16.5 Å². The molecule has 0 bridgehead atoms. The quantitative estimate of drug-likeness (QED) is 0.536. The molecule has 4 rings (SSSR count). The van der Waals surface area contributed by atoms with Gasteiger partial charge in [0.05, 0.1) is 11.7 Å². The number of carbonyl (C=O) groups excluding carboxylic acids is 2. The van der Waals surface area contributed by atoms with Crippen LogP contribution in [0.2, 0.25) is 5.02 Å². The van der Waals surface area contributed by atoms with E-state index in [-0.39, 0.29) is 35.5 Å². The van der Waals surface area contributed by atoms with E-state index < -0.39 is 0 Å². The van der Waals surface area contributed by atoms with Gasteiger partial charge in [-0.05, 0) is 68.1 Å². The summed E-state index contributed by atoms with van der Waals surface area (Å²) in [5.41, 5.74) is 1.37. The van der Waals surface area contributed by atoms with Crippen molar-refractivity contribution in [2.75, 3.05) is 0 Å². The van der Waals surface area contributed by atoms with Crippen molar-refractivity contribution >= 4 is 23.5 Å². The second-order valence-corrected chi connectivity index (χ2v) is 8.97. The number of fused-ring (bicyclic) bond motifs is 2. The molecule has 1 heterocycles. The van der Waals surface area contributed by atoms with Crippen molar-refractivity contribution in [3.63, 3.8) is 0 Å². The van der Waals surface area contributed by atoms with Crippen molar-refractivity contribution in [1.29, 1.82) is 0 Å². The van der Waals surface area contributed by atoms with E-state index in [0.717, 1.165) is 25.7 Å². The number of hydrogen-bond acceptors (Lipinski definition) is 4. The zero-order chi connectivity index (χ0) is 19.3. The summed E-state index contributed by atoms with van der Waals surface area (Å²) in [6, 6.07) is 6.82. The van der Waals surface area contributed by atoms with Crippen molar-refractivity contribution in [3.05, 3.63) is 47.0 Å². The summed E-state index contributed by atoms with van der Waals surface area (Å²) >= 11 is 5.94. The maximum Gasteiger partial charge on any atom is 0.338 e. The highest BCUT2D eigenvalue weighted by molar-refractivity contribution is 6.30. The fourth-order valence-corrected chi connectivity index (χ4v) is 5.42. The monoisotopic (exact) mass is 388 g/mol. The number of hydrogen-bond donors (Lipinski definition) is 0. The molecule has 1 aliphatic heterocycles. The highest BCUT2D eigenvalue weighted by Gasteiger charge is 2.66. The Balaban J connectivity index is 1.29. The first-order chi connectivity index (χ1) is 12.8. The molecule has 5 heteroatoms. The Morgan fingerprint density at radius 2 is 2.26 bits per heavy atom. The standard InChI is InChI=1S/C22H25ClO4/c1-12(26-21(25)14-5-4-6-15(23)9-14)7-8-17-18-10-16-13(2)20(24)27-19(16)11-22(17,18)3/h4-6,9,12,16-19H,2,7-8,10-11H2,1,3H3/t12?,16-,17?,18+,19-,22-/m1/s1. The molecular weight excluding hydrogens is 364 g/mol. The van der Waals surface area contributed by atoms with E-state index in [2.05, 4.69) is 13.5 Å². The summed E-state index contributed by atoms with van der Waals surface area (Å²) in [6.45, 7) is 8.16. The lowest BCUT2D eigenvalue weighted by molar-refractivity contribution is -0.140. The average molecular weight is 389 g/mol. The third-order valence-corrected chi connectivity index (χ3v) is 7.12. The van der Waals surface area contributed by atoms with Crippen LogP contribution in [0.3, 0.4) is 0 Å². The minimum absolute atomic E-state index is 0.00864. The lowest BCUT2D eigenvalue weighted by atomic mass is 9.79. The molecule has 6 atom stereocenters. The largest absolute Gasteiger partial charge is 0.459 e. The van der Waals surface area contributed by atoms with Gasteiger partial charge in [-0.1, -0.05) is 31.2 Å². The summed E-state index contributed by atoms with van der Waals surface area (Å²) in [5.74, 6) is 0.858. The van der Waals surface area contributed by atoms with Gasteiger partial charge in [0.1, 0.15) is 6.10 Å². The van der Waals surface area contributed by atoms with Crippen LogP contribution in [-0.4, -0.2) is 24.1 Å². The Morgan fingerprint density at radius 3 is 3.00 bits per heavy atom. The average Bonchev–Trinajstić information content (AvgIpc) is 3.10. The van der Waals surface area contributed by atoms with Gasteiger partial charge in [0.15, 0.2) is 0 Å². The Kier molecular flexibility index (Phi) is 4.58. The molecule has 0 N–H and O–H groups in total. The highest BCUT2D eigenvalue weighted by atomic mass is 35.5. The number of esters is 2. The summed E-state index contributed by atoms with van der Waals surface area (Å²) in [7, 11) is 0. The zero-order valence-electron chi connectivity index (χ0n) is 15.7. The van der Waals surface area contributed by atoms with Crippen LogP contribution in [0, 0.1) is 23.2 Å². The molecule has 0 radical (unpaired) electrons. The van der Waals surface area contributed by atoms with Gasteiger partial charge in [0.25, 0.3) is 0 Å². The molecule has 3 fully saturated rings. The molecule has 27 heavy (non-hydrogen) atoms. The molecule has 0 aromatic heterocycles. The first kappa shape index (κ1) is 18.5. The van der Waals surface area contributed by atoms with E-state index in [4.69, 9.17) is 21.1 Å². The molecule has 2 aliphatic carbocycles. The van der Waals surface area contributed by atoms with Crippen LogP contribution < -0.4 is 0 Å². The van der Waals surface area contributed by atoms with Gasteiger partial charge in [-0.2, -0.15) is 0 Å². The molecule has 0 amide bonds. The predicted octanol–water partition coefficient (Wildman–Crippen LogP) is 4.81. The third-order valence-electron chi connectivity index (χ3n) is 6.89. The van der Waals surface area contributed by atoms with E-state index in [1.807, 2.05) is 6.92 Å².